The monoisotopic (exact) mass is 663 g/mol. The van der Waals surface area contributed by atoms with E-state index in [2.05, 4.69) is 203 Å². The zero-order valence-corrected chi connectivity index (χ0v) is 28.7. The van der Waals surface area contributed by atoms with Crippen LogP contribution >= 0.6 is 0 Å². The van der Waals surface area contributed by atoms with Gasteiger partial charge in [-0.1, -0.05) is 121 Å². The van der Waals surface area contributed by atoms with E-state index >= 15 is 0 Å². The van der Waals surface area contributed by atoms with Crippen LogP contribution in [0.5, 0.6) is 0 Å². The number of aromatic nitrogens is 3. The molecule has 0 saturated carbocycles. The standard InChI is InChI=1S/C49H33N3/c1-32-19-23-36(24-20-32)51-45-17-9-5-13-38(45)41-26-21-33(29-47(41)51)34-22-27-42-39-14-7-10-18-46(39)52(48(42)30-34)37-25-28-43-40-15-6-8-16-44(40)50(49(43)31-37)35-11-3-2-4-12-35/h2-31H,1H3. The Labute approximate surface area is 300 Å². The molecule has 0 bridgehead atoms. The number of hydrogen-bond donors (Lipinski definition) is 0. The lowest BCUT2D eigenvalue weighted by Gasteiger charge is -2.12. The number of fused-ring (bicyclic) bond motifs is 9. The summed E-state index contributed by atoms with van der Waals surface area (Å²) in [4.78, 5) is 0. The minimum absolute atomic E-state index is 1.14. The number of hydrogen-bond acceptors (Lipinski definition) is 0. The van der Waals surface area contributed by atoms with E-state index in [4.69, 9.17) is 0 Å². The lowest BCUT2D eigenvalue weighted by atomic mass is 10.0. The van der Waals surface area contributed by atoms with E-state index in [0.717, 1.165) is 11.4 Å². The highest BCUT2D eigenvalue weighted by Gasteiger charge is 2.18. The minimum atomic E-state index is 1.14. The van der Waals surface area contributed by atoms with E-state index in [-0.39, 0.29) is 0 Å². The molecule has 0 N–H and O–H groups in total. The lowest BCUT2D eigenvalue weighted by molar-refractivity contribution is 1.15. The van der Waals surface area contributed by atoms with Gasteiger partial charge in [-0.2, -0.15) is 0 Å². The largest absolute Gasteiger partial charge is 0.309 e. The maximum Gasteiger partial charge on any atom is 0.0561 e. The van der Waals surface area contributed by atoms with Gasteiger partial charge in [0.1, 0.15) is 0 Å². The Morgan fingerprint density at radius 2 is 0.635 bits per heavy atom. The van der Waals surface area contributed by atoms with Gasteiger partial charge < -0.3 is 13.7 Å². The highest BCUT2D eigenvalue weighted by Crippen LogP contribution is 2.40. The summed E-state index contributed by atoms with van der Waals surface area (Å²) in [7, 11) is 0. The number of benzene rings is 8. The smallest absolute Gasteiger partial charge is 0.0561 e. The second-order valence-electron chi connectivity index (χ2n) is 13.9. The van der Waals surface area contributed by atoms with Gasteiger partial charge in [0.05, 0.1) is 33.1 Å². The van der Waals surface area contributed by atoms with Gasteiger partial charge in [-0.15, -0.1) is 0 Å². The molecule has 52 heavy (non-hydrogen) atoms. The van der Waals surface area contributed by atoms with Crippen molar-refractivity contribution in [3.63, 3.8) is 0 Å². The van der Waals surface area contributed by atoms with Crippen LogP contribution in [0, 0.1) is 6.92 Å². The van der Waals surface area contributed by atoms with Crippen LogP contribution in [0.25, 0.3) is 93.6 Å². The van der Waals surface area contributed by atoms with Crippen LogP contribution in [0.3, 0.4) is 0 Å². The van der Waals surface area contributed by atoms with Crippen molar-refractivity contribution in [3.8, 4) is 28.2 Å². The quantitative estimate of drug-likeness (QED) is 0.178. The topological polar surface area (TPSA) is 14.8 Å². The van der Waals surface area contributed by atoms with Crippen LogP contribution < -0.4 is 0 Å². The summed E-state index contributed by atoms with van der Waals surface area (Å²) in [6, 6.07) is 66.7. The molecule has 244 valence electrons. The summed E-state index contributed by atoms with van der Waals surface area (Å²) in [6.07, 6.45) is 0. The maximum atomic E-state index is 2.45. The molecule has 0 aliphatic rings. The zero-order valence-electron chi connectivity index (χ0n) is 28.7. The van der Waals surface area contributed by atoms with Crippen molar-refractivity contribution in [2.75, 3.05) is 0 Å². The second kappa shape index (κ2) is 11.1. The van der Waals surface area contributed by atoms with Crippen molar-refractivity contribution < 1.29 is 0 Å². The minimum Gasteiger partial charge on any atom is -0.309 e. The molecule has 0 aliphatic heterocycles. The second-order valence-corrected chi connectivity index (χ2v) is 13.9. The molecule has 11 rings (SSSR count). The van der Waals surface area contributed by atoms with Crippen LogP contribution in [0.4, 0.5) is 0 Å². The molecule has 11 aromatic rings. The molecule has 3 heterocycles. The third-order valence-corrected chi connectivity index (χ3v) is 10.9. The summed E-state index contributed by atoms with van der Waals surface area (Å²) in [5, 5.41) is 7.54. The third kappa shape index (κ3) is 4.20. The van der Waals surface area contributed by atoms with E-state index in [1.165, 1.54) is 87.8 Å². The molecule has 3 aromatic heterocycles. The summed E-state index contributed by atoms with van der Waals surface area (Å²) >= 11 is 0. The fourth-order valence-corrected chi connectivity index (χ4v) is 8.50. The van der Waals surface area contributed by atoms with Gasteiger partial charge in [0.15, 0.2) is 0 Å². The predicted octanol–water partition coefficient (Wildman–Crippen LogP) is 13.0. The molecular formula is C49H33N3. The molecule has 0 unspecified atom stereocenters. The van der Waals surface area contributed by atoms with Crippen LogP contribution in [-0.2, 0) is 0 Å². The Kier molecular flexibility index (Phi) is 6.17. The molecule has 0 atom stereocenters. The maximum absolute atomic E-state index is 2.45. The Hall–Kier alpha value is -6.84. The average molecular weight is 664 g/mol. The van der Waals surface area contributed by atoms with Gasteiger partial charge in [0.2, 0.25) is 0 Å². The summed E-state index contributed by atoms with van der Waals surface area (Å²) in [6.45, 7) is 2.14. The van der Waals surface area contributed by atoms with Crippen molar-refractivity contribution in [1.29, 1.82) is 0 Å². The zero-order chi connectivity index (χ0) is 34.3. The van der Waals surface area contributed by atoms with E-state index < -0.39 is 0 Å². The van der Waals surface area contributed by atoms with E-state index in [1.54, 1.807) is 0 Å². The van der Waals surface area contributed by atoms with Gasteiger partial charge >= 0.3 is 0 Å². The Morgan fingerprint density at radius 1 is 0.269 bits per heavy atom. The molecule has 0 aliphatic carbocycles. The first-order valence-corrected chi connectivity index (χ1v) is 17.9. The first-order chi connectivity index (χ1) is 25.7. The molecule has 8 aromatic carbocycles. The fourth-order valence-electron chi connectivity index (χ4n) is 8.50. The van der Waals surface area contributed by atoms with Crippen LogP contribution in [-0.4, -0.2) is 13.7 Å². The first-order valence-electron chi connectivity index (χ1n) is 17.9. The summed E-state index contributed by atoms with van der Waals surface area (Å²) in [5.41, 5.74) is 14.4. The highest BCUT2D eigenvalue weighted by atomic mass is 15.0. The molecule has 0 radical (unpaired) electrons. The van der Waals surface area contributed by atoms with Gasteiger partial charge in [-0.05, 0) is 84.8 Å². The SMILES string of the molecule is Cc1ccc(-n2c3ccccc3c3ccc(-c4ccc5c6ccccc6n(-c6ccc7c8ccccc8n(-c8ccccc8)c7c6)c5c4)cc32)cc1. The third-order valence-electron chi connectivity index (χ3n) is 10.9. The van der Waals surface area contributed by atoms with Crippen molar-refractivity contribution in [2.45, 2.75) is 6.92 Å². The first kappa shape index (κ1) is 28.9. The molecule has 0 saturated heterocycles. The van der Waals surface area contributed by atoms with Crippen molar-refractivity contribution in [3.05, 3.63) is 188 Å². The molecule has 3 nitrogen and oxygen atoms in total. The number of rotatable bonds is 4. The normalized spacial score (nSPS) is 11.9. The number of para-hydroxylation sites is 4. The van der Waals surface area contributed by atoms with Crippen LogP contribution in [0.2, 0.25) is 0 Å². The lowest BCUT2D eigenvalue weighted by Crippen LogP contribution is -1.97. The molecular weight excluding hydrogens is 631 g/mol. The van der Waals surface area contributed by atoms with E-state index in [0.29, 0.717) is 0 Å². The van der Waals surface area contributed by atoms with Crippen molar-refractivity contribution in [2.24, 2.45) is 0 Å². The van der Waals surface area contributed by atoms with Gasteiger partial charge in [-0.3, -0.25) is 0 Å². The Morgan fingerprint density at radius 3 is 1.15 bits per heavy atom. The van der Waals surface area contributed by atoms with Gasteiger partial charge in [0, 0.05) is 49.4 Å². The van der Waals surface area contributed by atoms with Crippen LogP contribution in [0.1, 0.15) is 5.56 Å². The highest BCUT2D eigenvalue weighted by molar-refractivity contribution is 6.13. The van der Waals surface area contributed by atoms with Crippen molar-refractivity contribution >= 4 is 65.4 Å². The van der Waals surface area contributed by atoms with E-state index in [9.17, 15) is 0 Å². The van der Waals surface area contributed by atoms with Gasteiger partial charge in [-0.25, -0.2) is 0 Å². The van der Waals surface area contributed by atoms with Crippen molar-refractivity contribution in [1.82, 2.24) is 13.7 Å². The Bertz CT molecular complexity index is 3170. The number of aryl methyl sites for hydroxylation is 1. The molecule has 0 fully saturated rings. The average Bonchev–Trinajstić information content (AvgIpc) is 3.83. The summed E-state index contributed by atoms with van der Waals surface area (Å²) in [5.74, 6) is 0. The van der Waals surface area contributed by atoms with E-state index in [1.807, 2.05) is 0 Å². The predicted molar refractivity (Wildman–Crippen MR) is 220 cm³/mol. The molecule has 3 heteroatoms. The Balaban J connectivity index is 1.15. The van der Waals surface area contributed by atoms with Crippen LogP contribution in [0.15, 0.2) is 182 Å². The van der Waals surface area contributed by atoms with Gasteiger partial charge in [0.25, 0.3) is 0 Å². The number of nitrogens with zero attached hydrogens (tertiary/aromatic N) is 3. The summed E-state index contributed by atoms with van der Waals surface area (Å²) < 4.78 is 7.25. The molecule has 0 amide bonds. The molecule has 0 spiro atoms. The fraction of sp³-hybridized carbons (Fsp3) is 0.0204.